The molecule has 1 aliphatic heterocycles. The molecule has 1 saturated heterocycles. The summed E-state index contributed by atoms with van der Waals surface area (Å²) in [5.74, 6) is 0.540. The number of piperazine rings is 1. The standard InChI is InChI=1S/C25H27N7/c1-17-9-10-27-15-21(17)20-7-8-23(26)22-16-28-25(30-24(20)22)29-18-3-5-19(6-4-18)32-13-11-31(2)12-14-32/h3-10,15-16H,11-14,26H2,1-2H3,(H,28,29,30). The number of hydrogen-bond donors (Lipinski definition) is 2. The summed E-state index contributed by atoms with van der Waals surface area (Å²) in [5.41, 5.74) is 13.1. The van der Waals surface area contributed by atoms with Crippen molar-refractivity contribution in [1.29, 1.82) is 0 Å². The van der Waals surface area contributed by atoms with Crippen LogP contribution >= 0.6 is 0 Å². The van der Waals surface area contributed by atoms with Crippen molar-refractivity contribution in [3.8, 4) is 11.1 Å². The summed E-state index contributed by atoms with van der Waals surface area (Å²) in [6, 6.07) is 14.4. The second kappa shape index (κ2) is 8.43. The second-order valence-electron chi connectivity index (χ2n) is 8.31. The first-order chi connectivity index (χ1) is 15.6. The number of rotatable bonds is 4. The number of nitrogens with one attached hydrogen (secondary N) is 1. The summed E-state index contributed by atoms with van der Waals surface area (Å²) in [6.45, 7) is 6.35. The van der Waals surface area contributed by atoms with Crippen LogP contribution in [0.2, 0.25) is 0 Å². The molecule has 32 heavy (non-hydrogen) atoms. The number of nitrogens with two attached hydrogens (primary N) is 1. The van der Waals surface area contributed by atoms with Gasteiger partial charge in [-0.3, -0.25) is 4.98 Å². The first kappa shape index (κ1) is 20.2. The lowest BCUT2D eigenvalue weighted by Gasteiger charge is -2.34. The van der Waals surface area contributed by atoms with Crippen molar-refractivity contribution in [3.63, 3.8) is 0 Å². The first-order valence-electron chi connectivity index (χ1n) is 10.9. The van der Waals surface area contributed by atoms with Crippen LogP contribution in [0.5, 0.6) is 0 Å². The normalized spacial score (nSPS) is 14.6. The average molecular weight is 426 g/mol. The second-order valence-corrected chi connectivity index (χ2v) is 8.31. The van der Waals surface area contributed by atoms with Crippen LogP contribution in [0.4, 0.5) is 23.0 Å². The van der Waals surface area contributed by atoms with Gasteiger partial charge in [0.15, 0.2) is 0 Å². The third kappa shape index (κ3) is 3.94. The van der Waals surface area contributed by atoms with Crippen molar-refractivity contribution in [2.24, 2.45) is 0 Å². The Bertz CT molecular complexity index is 1250. The number of aromatic nitrogens is 3. The van der Waals surface area contributed by atoms with Gasteiger partial charge in [0.05, 0.1) is 5.52 Å². The number of anilines is 4. The number of likely N-dealkylation sites (N-methyl/N-ethyl adjacent to an activating group) is 1. The van der Waals surface area contributed by atoms with Gasteiger partial charge < -0.3 is 20.9 Å². The lowest BCUT2D eigenvalue weighted by molar-refractivity contribution is 0.313. The van der Waals surface area contributed by atoms with E-state index in [4.69, 9.17) is 10.7 Å². The zero-order valence-corrected chi connectivity index (χ0v) is 18.4. The van der Waals surface area contributed by atoms with Gasteiger partial charge in [-0.1, -0.05) is 6.07 Å². The minimum absolute atomic E-state index is 0.540. The fraction of sp³-hybridized carbons (Fsp3) is 0.240. The van der Waals surface area contributed by atoms with Crippen molar-refractivity contribution in [2.75, 3.05) is 49.2 Å². The van der Waals surface area contributed by atoms with Gasteiger partial charge in [0.25, 0.3) is 0 Å². The molecule has 0 spiro atoms. The Morgan fingerprint density at radius 1 is 0.906 bits per heavy atom. The van der Waals surface area contributed by atoms with Crippen molar-refractivity contribution in [1.82, 2.24) is 19.9 Å². The van der Waals surface area contributed by atoms with E-state index >= 15 is 0 Å². The van der Waals surface area contributed by atoms with Gasteiger partial charge in [-0.05, 0) is 55.9 Å². The predicted octanol–water partition coefficient (Wildman–Crippen LogP) is 4.08. The highest BCUT2D eigenvalue weighted by molar-refractivity contribution is 6.00. The lowest BCUT2D eigenvalue weighted by Crippen LogP contribution is -2.44. The van der Waals surface area contributed by atoms with E-state index in [9.17, 15) is 0 Å². The van der Waals surface area contributed by atoms with Crippen LogP contribution in [0, 0.1) is 6.92 Å². The van der Waals surface area contributed by atoms with E-state index in [0.717, 1.165) is 59.5 Å². The quantitative estimate of drug-likeness (QED) is 0.477. The molecular weight excluding hydrogens is 398 g/mol. The third-order valence-electron chi connectivity index (χ3n) is 6.11. The molecular formula is C25H27N7. The molecule has 162 valence electrons. The first-order valence-corrected chi connectivity index (χ1v) is 10.9. The lowest BCUT2D eigenvalue weighted by atomic mass is 10.00. The zero-order chi connectivity index (χ0) is 22.1. The Balaban J connectivity index is 1.44. The van der Waals surface area contributed by atoms with Gasteiger partial charge in [-0.2, -0.15) is 0 Å². The third-order valence-corrected chi connectivity index (χ3v) is 6.11. The molecule has 3 N–H and O–H groups in total. The zero-order valence-electron chi connectivity index (χ0n) is 18.4. The fourth-order valence-electron chi connectivity index (χ4n) is 4.11. The van der Waals surface area contributed by atoms with Crippen LogP contribution in [-0.2, 0) is 0 Å². The number of aryl methyl sites for hydroxylation is 1. The van der Waals surface area contributed by atoms with Crippen LogP contribution in [0.15, 0.2) is 61.1 Å². The van der Waals surface area contributed by atoms with E-state index < -0.39 is 0 Å². The van der Waals surface area contributed by atoms with Crippen LogP contribution in [-0.4, -0.2) is 53.1 Å². The largest absolute Gasteiger partial charge is 0.398 e. The molecule has 0 saturated carbocycles. The Hall–Kier alpha value is -3.71. The molecule has 7 heteroatoms. The van der Waals surface area contributed by atoms with E-state index in [1.54, 1.807) is 12.4 Å². The van der Waals surface area contributed by atoms with Gasteiger partial charge >= 0.3 is 0 Å². The molecule has 1 fully saturated rings. The summed E-state index contributed by atoms with van der Waals surface area (Å²) < 4.78 is 0. The van der Waals surface area contributed by atoms with Crippen LogP contribution in [0.25, 0.3) is 22.0 Å². The molecule has 2 aromatic carbocycles. The highest BCUT2D eigenvalue weighted by Gasteiger charge is 2.15. The molecule has 0 aliphatic carbocycles. The van der Waals surface area contributed by atoms with Crippen LogP contribution < -0.4 is 16.0 Å². The Kier molecular flexibility index (Phi) is 5.33. The molecule has 0 bridgehead atoms. The highest BCUT2D eigenvalue weighted by Crippen LogP contribution is 2.32. The average Bonchev–Trinajstić information content (AvgIpc) is 2.81. The van der Waals surface area contributed by atoms with E-state index in [2.05, 4.69) is 63.3 Å². The van der Waals surface area contributed by atoms with Gasteiger partial charge in [0.2, 0.25) is 5.95 Å². The molecule has 3 heterocycles. The predicted molar refractivity (Wildman–Crippen MR) is 131 cm³/mol. The maximum atomic E-state index is 6.22. The van der Waals surface area contributed by atoms with Crippen molar-refractivity contribution >= 4 is 33.9 Å². The molecule has 0 atom stereocenters. The van der Waals surface area contributed by atoms with Crippen LogP contribution in [0.3, 0.4) is 0 Å². The topological polar surface area (TPSA) is 83.2 Å². The van der Waals surface area contributed by atoms with E-state index in [-0.39, 0.29) is 0 Å². The summed E-state index contributed by atoms with van der Waals surface area (Å²) in [4.78, 5) is 18.4. The van der Waals surface area contributed by atoms with Gasteiger partial charge in [-0.15, -0.1) is 0 Å². The van der Waals surface area contributed by atoms with E-state index in [1.807, 2.05) is 24.4 Å². The molecule has 4 aromatic rings. The Morgan fingerprint density at radius 3 is 2.44 bits per heavy atom. The maximum Gasteiger partial charge on any atom is 0.227 e. The number of benzene rings is 2. The molecule has 0 amide bonds. The number of fused-ring (bicyclic) bond motifs is 1. The Morgan fingerprint density at radius 2 is 1.69 bits per heavy atom. The SMILES string of the molecule is Cc1ccncc1-c1ccc(N)c2cnc(Nc3ccc(N4CCN(C)CC4)cc3)nc12. The minimum atomic E-state index is 0.540. The molecule has 7 nitrogen and oxygen atoms in total. The van der Waals surface area contributed by atoms with Crippen molar-refractivity contribution in [2.45, 2.75) is 6.92 Å². The highest BCUT2D eigenvalue weighted by atomic mass is 15.2. The smallest absolute Gasteiger partial charge is 0.227 e. The fourth-order valence-corrected chi connectivity index (χ4v) is 4.11. The van der Waals surface area contributed by atoms with E-state index in [0.29, 0.717) is 11.6 Å². The number of nitrogens with zero attached hydrogens (tertiary/aromatic N) is 5. The number of pyridine rings is 1. The van der Waals surface area contributed by atoms with Crippen molar-refractivity contribution in [3.05, 3.63) is 66.6 Å². The van der Waals surface area contributed by atoms with Gasteiger partial charge in [0, 0.05) is 78.3 Å². The molecule has 5 rings (SSSR count). The summed E-state index contributed by atoms with van der Waals surface area (Å²) >= 11 is 0. The van der Waals surface area contributed by atoms with Crippen molar-refractivity contribution < 1.29 is 0 Å². The summed E-state index contributed by atoms with van der Waals surface area (Å²) in [6.07, 6.45) is 5.45. The monoisotopic (exact) mass is 425 g/mol. The molecule has 0 radical (unpaired) electrons. The molecule has 1 aliphatic rings. The van der Waals surface area contributed by atoms with E-state index in [1.165, 1.54) is 5.69 Å². The number of nitrogen functional groups attached to an aromatic ring is 1. The summed E-state index contributed by atoms with van der Waals surface area (Å²) in [5, 5.41) is 4.18. The van der Waals surface area contributed by atoms with Gasteiger partial charge in [0.1, 0.15) is 0 Å². The minimum Gasteiger partial charge on any atom is -0.398 e. The van der Waals surface area contributed by atoms with Crippen LogP contribution in [0.1, 0.15) is 5.56 Å². The molecule has 2 aromatic heterocycles. The number of hydrogen-bond acceptors (Lipinski definition) is 7. The molecule has 0 unspecified atom stereocenters. The Labute approximate surface area is 187 Å². The summed E-state index contributed by atoms with van der Waals surface area (Å²) in [7, 11) is 2.17. The maximum absolute atomic E-state index is 6.22. The van der Waals surface area contributed by atoms with Gasteiger partial charge in [-0.25, -0.2) is 9.97 Å².